The third-order valence-corrected chi connectivity index (χ3v) is 9.71. The fourth-order valence-electron chi connectivity index (χ4n) is 5.21. The topological polar surface area (TPSA) is 163 Å². The summed E-state index contributed by atoms with van der Waals surface area (Å²) in [6.45, 7) is 4.37. The van der Waals surface area contributed by atoms with E-state index in [1.807, 2.05) is 29.3 Å². The van der Waals surface area contributed by atoms with Crippen molar-refractivity contribution < 1.29 is 36.3 Å². The standard InChI is InChI=1S/C25H34N6O3S.C2HF3O2/c1-2-35(33,34)31-9-6-17(7-10-31)23-15-28-24-21(23)12-18(13-22(24)25(26)32)19-14-29-30(16-19)11-8-27-20-4-3-5-20;3-2(4,5)1(6)7/h12-17,20,27-28H,2-11H2,1H3,(H2,26,32);(H,6,7). The highest BCUT2D eigenvalue weighted by molar-refractivity contribution is 7.89. The van der Waals surface area contributed by atoms with E-state index in [1.54, 1.807) is 11.2 Å². The molecule has 2 aliphatic rings. The number of carboxylic acids is 1. The van der Waals surface area contributed by atoms with E-state index < -0.39 is 28.1 Å². The van der Waals surface area contributed by atoms with Crippen molar-refractivity contribution in [3.8, 4) is 11.1 Å². The molecule has 5 rings (SSSR count). The summed E-state index contributed by atoms with van der Waals surface area (Å²) in [6.07, 6.45) is 6.02. The molecular formula is C27H35F3N6O5S. The predicted molar refractivity (Wildman–Crippen MR) is 150 cm³/mol. The smallest absolute Gasteiger partial charge is 0.475 e. The van der Waals surface area contributed by atoms with Crippen molar-refractivity contribution >= 4 is 32.8 Å². The number of H-pyrrole nitrogens is 1. The number of nitrogens with zero attached hydrogens (tertiary/aromatic N) is 3. The Kier molecular flexibility index (Phi) is 9.63. The Labute approximate surface area is 241 Å². The molecular weight excluding hydrogens is 577 g/mol. The average molecular weight is 613 g/mol. The van der Waals surface area contributed by atoms with Crippen molar-refractivity contribution in [1.82, 2.24) is 24.4 Å². The Morgan fingerprint density at radius 3 is 2.38 bits per heavy atom. The number of carbonyl (C=O) groups excluding carboxylic acids is 1. The van der Waals surface area contributed by atoms with Crippen molar-refractivity contribution in [2.45, 2.75) is 63.7 Å². The summed E-state index contributed by atoms with van der Waals surface area (Å²) >= 11 is 0. The normalized spacial score (nSPS) is 17.0. The highest BCUT2D eigenvalue weighted by Crippen LogP contribution is 2.37. The van der Waals surface area contributed by atoms with Crippen LogP contribution in [0.1, 0.15) is 60.9 Å². The largest absolute Gasteiger partial charge is 0.490 e. The number of nitrogens with one attached hydrogen (secondary N) is 2. The molecule has 0 radical (unpaired) electrons. The van der Waals surface area contributed by atoms with Gasteiger partial charge in [-0.1, -0.05) is 6.42 Å². The first-order chi connectivity index (χ1) is 19.8. The number of hydrogen-bond donors (Lipinski definition) is 4. The van der Waals surface area contributed by atoms with Crippen molar-refractivity contribution in [2.75, 3.05) is 25.4 Å². The van der Waals surface area contributed by atoms with Crippen LogP contribution in [0.4, 0.5) is 13.2 Å². The molecule has 15 heteroatoms. The van der Waals surface area contributed by atoms with Gasteiger partial charge in [0.15, 0.2) is 0 Å². The summed E-state index contributed by atoms with van der Waals surface area (Å²) < 4.78 is 59.8. The SMILES string of the molecule is CCS(=O)(=O)N1CCC(c2c[nH]c3c(C(N)=O)cc(-c4cnn(CCNC5CCC5)c4)cc23)CC1.O=C(O)C(F)(F)F. The second-order valence-electron chi connectivity index (χ2n) is 10.5. The van der Waals surface area contributed by atoms with Crippen LogP contribution in [-0.4, -0.2) is 82.1 Å². The first-order valence-electron chi connectivity index (χ1n) is 13.8. The number of amides is 1. The van der Waals surface area contributed by atoms with Gasteiger partial charge in [-0.15, -0.1) is 0 Å². The molecule has 0 unspecified atom stereocenters. The molecule has 2 fully saturated rings. The van der Waals surface area contributed by atoms with Crippen LogP contribution in [-0.2, 0) is 21.4 Å². The van der Waals surface area contributed by atoms with Crippen LogP contribution in [0.2, 0.25) is 0 Å². The van der Waals surface area contributed by atoms with Gasteiger partial charge in [-0.25, -0.2) is 17.5 Å². The van der Waals surface area contributed by atoms with Gasteiger partial charge >= 0.3 is 12.1 Å². The molecule has 0 spiro atoms. The lowest BCUT2D eigenvalue weighted by Gasteiger charge is -2.31. The molecule has 1 saturated carbocycles. The van der Waals surface area contributed by atoms with E-state index in [0.29, 0.717) is 24.7 Å². The van der Waals surface area contributed by atoms with E-state index in [4.69, 9.17) is 15.6 Å². The number of benzene rings is 1. The number of fused-ring (bicyclic) bond motifs is 1. The van der Waals surface area contributed by atoms with E-state index in [0.717, 1.165) is 53.5 Å². The third kappa shape index (κ3) is 7.31. The summed E-state index contributed by atoms with van der Waals surface area (Å²) in [5.41, 5.74) is 9.88. The van der Waals surface area contributed by atoms with Crippen molar-refractivity contribution in [2.24, 2.45) is 5.73 Å². The van der Waals surface area contributed by atoms with Crippen LogP contribution in [0, 0.1) is 0 Å². The summed E-state index contributed by atoms with van der Waals surface area (Å²) in [7, 11) is -3.17. The number of halogens is 3. The molecule has 3 aromatic rings. The van der Waals surface area contributed by atoms with E-state index in [1.165, 1.54) is 19.3 Å². The molecule has 5 N–H and O–H groups in total. The second kappa shape index (κ2) is 12.8. The highest BCUT2D eigenvalue weighted by Gasteiger charge is 2.38. The zero-order chi connectivity index (χ0) is 30.7. The van der Waals surface area contributed by atoms with E-state index in [2.05, 4.69) is 21.5 Å². The molecule has 230 valence electrons. The van der Waals surface area contributed by atoms with Gasteiger partial charge in [0, 0.05) is 49.0 Å². The number of aliphatic carboxylic acids is 1. The fraction of sp³-hybridized carbons (Fsp3) is 0.519. The number of sulfonamides is 1. The summed E-state index contributed by atoms with van der Waals surface area (Å²) in [5.74, 6) is -2.90. The number of nitrogens with two attached hydrogens (primary N) is 1. The Bertz CT molecular complexity index is 1520. The molecule has 0 atom stereocenters. The number of hydrogen-bond acceptors (Lipinski definition) is 6. The minimum atomic E-state index is -5.08. The molecule has 1 amide bonds. The predicted octanol–water partition coefficient (Wildman–Crippen LogP) is 3.43. The molecule has 3 heterocycles. The molecule has 1 aliphatic carbocycles. The number of rotatable bonds is 9. The molecule has 2 aromatic heterocycles. The van der Waals surface area contributed by atoms with Gasteiger partial charge in [-0.05, 0) is 61.8 Å². The fourth-order valence-corrected chi connectivity index (χ4v) is 6.34. The van der Waals surface area contributed by atoms with Crippen LogP contribution < -0.4 is 11.1 Å². The van der Waals surface area contributed by atoms with Gasteiger partial charge in [-0.3, -0.25) is 9.48 Å². The number of primary amides is 1. The van der Waals surface area contributed by atoms with E-state index >= 15 is 0 Å². The number of piperidine rings is 1. The van der Waals surface area contributed by atoms with Crippen LogP contribution in [0.15, 0.2) is 30.7 Å². The minimum Gasteiger partial charge on any atom is -0.475 e. The van der Waals surface area contributed by atoms with Gasteiger partial charge < -0.3 is 21.1 Å². The van der Waals surface area contributed by atoms with Crippen LogP contribution in [0.25, 0.3) is 22.0 Å². The van der Waals surface area contributed by atoms with Gasteiger partial charge in [0.1, 0.15) is 0 Å². The first kappa shape index (κ1) is 31.5. The number of aromatic nitrogens is 3. The van der Waals surface area contributed by atoms with Crippen LogP contribution in [0.3, 0.4) is 0 Å². The molecule has 1 aliphatic heterocycles. The van der Waals surface area contributed by atoms with Crippen molar-refractivity contribution in [1.29, 1.82) is 0 Å². The quantitative estimate of drug-likeness (QED) is 0.288. The lowest BCUT2D eigenvalue weighted by atomic mass is 9.88. The molecule has 11 nitrogen and oxygen atoms in total. The number of aromatic amines is 1. The maximum absolute atomic E-state index is 12.3. The Hall–Kier alpha value is -3.43. The maximum Gasteiger partial charge on any atom is 0.490 e. The van der Waals surface area contributed by atoms with Gasteiger partial charge in [0.25, 0.3) is 5.91 Å². The molecule has 1 aromatic carbocycles. The molecule has 1 saturated heterocycles. The lowest BCUT2D eigenvalue weighted by molar-refractivity contribution is -0.192. The summed E-state index contributed by atoms with van der Waals surface area (Å²) in [4.78, 5) is 24.5. The highest BCUT2D eigenvalue weighted by atomic mass is 32.2. The number of alkyl halides is 3. The third-order valence-electron chi connectivity index (χ3n) is 7.83. The van der Waals surface area contributed by atoms with Gasteiger partial charge in [0.05, 0.1) is 29.6 Å². The van der Waals surface area contributed by atoms with E-state index in [-0.39, 0.29) is 11.7 Å². The number of carbonyl (C=O) groups is 2. The van der Waals surface area contributed by atoms with Gasteiger partial charge in [0.2, 0.25) is 10.0 Å². The van der Waals surface area contributed by atoms with Crippen LogP contribution in [0.5, 0.6) is 0 Å². The van der Waals surface area contributed by atoms with E-state index in [9.17, 15) is 26.4 Å². The molecule has 0 bridgehead atoms. The zero-order valence-electron chi connectivity index (χ0n) is 23.2. The molecule has 42 heavy (non-hydrogen) atoms. The van der Waals surface area contributed by atoms with Crippen molar-refractivity contribution in [3.63, 3.8) is 0 Å². The Morgan fingerprint density at radius 2 is 1.83 bits per heavy atom. The second-order valence-corrected chi connectivity index (χ2v) is 12.8. The van der Waals surface area contributed by atoms with Gasteiger partial charge in [-0.2, -0.15) is 18.3 Å². The summed E-state index contributed by atoms with van der Waals surface area (Å²) in [6, 6.07) is 4.57. The van der Waals surface area contributed by atoms with Crippen molar-refractivity contribution in [3.05, 3.63) is 41.9 Å². The maximum atomic E-state index is 12.3. The monoisotopic (exact) mass is 612 g/mol. The Balaban J connectivity index is 0.000000517. The van der Waals surface area contributed by atoms with Crippen LogP contribution >= 0.6 is 0 Å². The minimum absolute atomic E-state index is 0.125. The zero-order valence-corrected chi connectivity index (χ0v) is 24.0. The number of carboxylic acid groups (broad SMARTS) is 1. The first-order valence-corrected chi connectivity index (χ1v) is 15.4. The summed E-state index contributed by atoms with van der Waals surface area (Å²) in [5, 5.41) is 16.2. The lowest BCUT2D eigenvalue weighted by Crippen LogP contribution is -2.38. The Morgan fingerprint density at radius 1 is 1.17 bits per heavy atom. The average Bonchev–Trinajstić information content (AvgIpc) is 3.57.